The number of aliphatic carboxylic acids is 1. The molecule has 0 aliphatic heterocycles. The molecule has 2 rings (SSSR count). The smallest absolute Gasteiger partial charge is 0.312 e. The molecular formula is C19H19NO6. The number of rotatable bonds is 8. The van der Waals surface area contributed by atoms with Gasteiger partial charge in [-0.1, -0.05) is 12.1 Å². The standard InChI is InChI=1S/C19H19NO6/c1-12(21)16-7-6-15(9-17(16)25-2)26-11-13-4-3-5-14(8-13)20-18(22)10-19(23)24/h3-9H,10-11H2,1-2H3,(H,20,22)(H,23,24). The van der Waals surface area contributed by atoms with E-state index in [2.05, 4.69) is 5.32 Å². The van der Waals surface area contributed by atoms with Crippen LogP contribution in [0.15, 0.2) is 42.5 Å². The molecule has 0 unspecified atom stereocenters. The van der Waals surface area contributed by atoms with Crippen molar-refractivity contribution in [3.05, 3.63) is 53.6 Å². The second kappa shape index (κ2) is 8.66. The molecule has 0 saturated carbocycles. The van der Waals surface area contributed by atoms with E-state index >= 15 is 0 Å². The van der Waals surface area contributed by atoms with E-state index in [4.69, 9.17) is 14.6 Å². The summed E-state index contributed by atoms with van der Waals surface area (Å²) in [5.74, 6) is -0.917. The summed E-state index contributed by atoms with van der Waals surface area (Å²) in [6, 6.07) is 11.9. The van der Waals surface area contributed by atoms with Gasteiger partial charge in [-0.05, 0) is 36.8 Å². The number of ketones is 1. The maximum atomic E-state index is 11.5. The van der Waals surface area contributed by atoms with Crippen LogP contribution in [0.3, 0.4) is 0 Å². The fraction of sp³-hybridized carbons (Fsp3) is 0.211. The maximum absolute atomic E-state index is 11.5. The molecule has 1 amide bonds. The predicted molar refractivity (Wildman–Crippen MR) is 94.7 cm³/mol. The molecule has 26 heavy (non-hydrogen) atoms. The fourth-order valence-corrected chi connectivity index (χ4v) is 2.30. The first kappa shape index (κ1) is 19.0. The minimum absolute atomic E-state index is 0.0989. The average molecular weight is 357 g/mol. The fourth-order valence-electron chi connectivity index (χ4n) is 2.30. The number of Topliss-reactive ketones (excluding diaryl/α,β-unsaturated/α-hetero) is 1. The van der Waals surface area contributed by atoms with Crippen molar-refractivity contribution in [2.45, 2.75) is 20.0 Å². The van der Waals surface area contributed by atoms with Gasteiger partial charge in [-0.25, -0.2) is 0 Å². The minimum atomic E-state index is -1.19. The Bertz CT molecular complexity index is 831. The number of benzene rings is 2. The van der Waals surface area contributed by atoms with Gasteiger partial charge in [-0.3, -0.25) is 14.4 Å². The largest absolute Gasteiger partial charge is 0.496 e. The van der Waals surface area contributed by atoms with Gasteiger partial charge in [0.15, 0.2) is 5.78 Å². The van der Waals surface area contributed by atoms with Gasteiger partial charge in [0.05, 0.1) is 12.7 Å². The van der Waals surface area contributed by atoms with Crippen molar-refractivity contribution in [3.63, 3.8) is 0 Å². The SMILES string of the molecule is COc1cc(OCc2cccc(NC(=O)CC(=O)O)c2)ccc1C(C)=O. The van der Waals surface area contributed by atoms with Crippen LogP contribution in [0.5, 0.6) is 11.5 Å². The number of nitrogens with one attached hydrogen (secondary N) is 1. The van der Waals surface area contributed by atoms with Crippen LogP contribution in [0.25, 0.3) is 0 Å². The second-order valence-electron chi connectivity index (χ2n) is 5.53. The highest BCUT2D eigenvalue weighted by atomic mass is 16.5. The minimum Gasteiger partial charge on any atom is -0.496 e. The summed E-state index contributed by atoms with van der Waals surface area (Å²) in [5.41, 5.74) is 1.75. The van der Waals surface area contributed by atoms with E-state index in [1.54, 1.807) is 36.4 Å². The van der Waals surface area contributed by atoms with E-state index in [9.17, 15) is 14.4 Å². The lowest BCUT2D eigenvalue weighted by Crippen LogP contribution is -2.16. The molecule has 0 aliphatic carbocycles. The number of ether oxygens (including phenoxy) is 2. The Hall–Kier alpha value is -3.35. The van der Waals surface area contributed by atoms with E-state index in [-0.39, 0.29) is 12.4 Å². The van der Waals surface area contributed by atoms with Gasteiger partial charge in [0, 0.05) is 11.8 Å². The van der Waals surface area contributed by atoms with Crippen molar-refractivity contribution < 1.29 is 29.0 Å². The predicted octanol–water partition coefficient (Wildman–Crippen LogP) is 2.89. The zero-order chi connectivity index (χ0) is 19.1. The Balaban J connectivity index is 2.03. The van der Waals surface area contributed by atoms with Crippen molar-refractivity contribution in [2.75, 3.05) is 12.4 Å². The highest BCUT2D eigenvalue weighted by Crippen LogP contribution is 2.26. The lowest BCUT2D eigenvalue weighted by molar-refractivity contribution is -0.139. The lowest BCUT2D eigenvalue weighted by atomic mass is 10.1. The van der Waals surface area contributed by atoms with Crippen LogP contribution in [0.2, 0.25) is 0 Å². The second-order valence-corrected chi connectivity index (χ2v) is 5.53. The zero-order valence-electron chi connectivity index (χ0n) is 14.4. The maximum Gasteiger partial charge on any atom is 0.312 e. The van der Waals surface area contributed by atoms with E-state index in [1.165, 1.54) is 14.0 Å². The van der Waals surface area contributed by atoms with Crippen molar-refractivity contribution in [2.24, 2.45) is 0 Å². The molecule has 0 atom stereocenters. The van der Waals surface area contributed by atoms with E-state index in [0.29, 0.717) is 22.7 Å². The molecule has 7 heteroatoms. The van der Waals surface area contributed by atoms with Crippen LogP contribution in [-0.2, 0) is 16.2 Å². The van der Waals surface area contributed by atoms with Gasteiger partial charge in [0.1, 0.15) is 24.5 Å². The van der Waals surface area contributed by atoms with Crippen LogP contribution in [0.4, 0.5) is 5.69 Å². The number of carboxylic acid groups (broad SMARTS) is 1. The number of carbonyl (C=O) groups excluding carboxylic acids is 2. The van der Waals surface area contributed by atoms with E-state index in [1.807, 2.05) is 6.07 Å². The third-order valence-electron chi connectivity index (χ3n) is 3.48. The number of amides is 1. The van der Waals surface area contributed by atoms with Crippen molar-refractivity contribution in [3.8, 4) is 11.5 Å². The molecule has 0 aliphatic rings. The van der Waals surface area contributed by atoms with Crippen LogP contribution in [0, 0.1) is 0 Å². The topological polar surface area (TPSA) is 102 Å². The first-order chi connectivity index (χ1) is 12.4. The van der Waals surface area contributed by atoms with Gasteiger partial charge in [-0.15, -0.1) is 0 Å². The summed E-state index contributed by atoms with van der Waals surface area (Å²) >= 11 is 0. The molecule has 7 nitrogen and oxygen atoms in total. The molecule has 2 aromatic rings. The summed E-state index contributed by atoms with van der Waals surface area (Å²) < 4.78 is 10.9. The van der Waals surface area contributed by atoms with Crippen LogP contribution in [0.1, 0.15) is 29.3 Å². The monoisotopic (exact) mass is 357 g/mol. The number of hydrogen-bond donors (Lipinski definition) is 2. The lowest BCUT2D eigenvalue weighted by Gasteiger charge is -2.11. The van der Waals surface area contributed by atoms with Gasteiger partial charge in [0.2, 0.25) is 5.91 Å². The van der Waals surface area contributed by atoms with Gasteiger partial charge in [-0.2, -0.15) is 0 Å². The normalized spacial score (nSPS) is 10.1. The van der Waals surface area contributed by atoms with Crippen LogP contribution in [-0.4, -0.2) is 29.9 Å². The molecule has 0 fully saturated rings. The van der Waals surface area contributed by atoms with Crippen LogP contribution < -0.4 is 14.8 Å². The number of hydrogen-bond acceptors (Lipinski definition) is 5. The Morgan fingerprint density at radius 1 is 1.12 bits per heavy atom. The third-order valence-corrected chi connectivity index (χ3v) is 3.48. The summed E-state index contributed by atoms with van der Waals surface area (Å²) in [7, 11) is 1.48. The molecule has 2 N–H and O–H groups in total. The third kappa shape index (κ3) is 5.34. The highest BCUT2D eigenvalue weighted by Gasteiger charge is 2.10. The molecule has 2 aromatic carbocycles. The Kier molecular flexibility index (Phi) is 6.32. The van der Waals surface area contributed by atoms with Crippen molar-refractivity contribution in [1.82, 2.24) is 0 Å². The van der Waals surface area contributed by atoms with E-state index < -0.39 is 18.3 Å². The van der Waals surface area contributed by atoms with Gasteiger partial charge in [0.25, 0.3) is 0 Å². The molecule has 0 heterocycles. The average Bonchev–Trinajstić information content (AvgIpc) is 2.59. The van der Waals surface area contributed by atoms with Crippen molar-refractivity contribution in [1.29, 1.82) is 0 Å². The van der Waals surface area contributed by atoms with Crippen molar-refractivity contribution >= 4 is 23.3 Å². The first-order valence-electron chi connectivity index (χ1n) is 7.81. The van der Waals surface area contributed by atoms with E-state index in [0.717, 1.165) is 5.56 Å². The first-order valence-corrected chi connectivity index (χ1v) is 7.81. The molecule has 0 aromatic heterocycles. The number of carboxylic acids is 1. The molecular weight excluding hydrogens is 338 g/mol. The summed E-state index contributed by atoms with van der Waals surface area (Å²) in [6.45, 7) is 1.69. The number of anilines is 1. The van der Waals surface area contributed by atoms with Gasteiger partial charge >= 0.3 is 5.97 Å². The summed E-state index contributed by atoms with van der Waals surface area (Å²) in [6.07, 6.45) is -0.594. The Labute approximate surface area is 150 Å². The van der Waals surface area contributed by atoms with Crippen LogP contribution >= 0.6 is 0 Å². The molecule has 0 saturated heterocycles. The highest BCUT2D eigenvalue weighted by molar-refractivity contribution is 6.01. The summed E-state index contributed by atoms with van der Waals surface area (Å²) in [5, 5.41) is 11.1. The summed E-state index contributed by atoms with van der Waals surface area (Å²) in [4.78, 5) is 33.6. The number of carbonyl (C=O) groups is 3. The Morgan fingerprint density at radius 3 is 2.54 bits per heavy atom. The molecule has 0 radical (unpaired) electrons. The number of methoxy groups -OCH3 is 1. The molecule has 0 spiro atoms. The molecule has 136 valence electrons. The zero-order valence-corrected chi connectivity index (χ0v) is 14.4. The molecule has 0 bridgehead atoms. The van der Waals surface area contributed by atoms with Gasteiger partial charge < -0.3 is 19.9 Å². The quantitative estimate of drug-likeness (QED) is 0.556. The Morgan fingerprint density at radius 2 is 1.88 bits per heavy atom.